The van der Waals surface area contributed by atoms with Gasteiger partial charge in [0.05, 0.1) is 31.6 Å². The van der Waals surface area contributed by atoms with Crippen LogP contribution in [0.2, 0.25) is 0 Å². The van der Waals surface area contributed by atoms with Crippen LogP contribution >= 0.6 is 11.3 Å². The molecule has 0 bridgehead atoms. The van der Waals surface area contributed by atoms with Crippen molar-refractivity contribution in [1.82, 2.24) is 0 Å². The standard InChI is InChI=1S/C21H20FNO3S/c1-13-3-5-15-18(11-13)27-20(22)19(15)14-4-6-17(16(12-14)21(24)25-2)23-7-9-26-10-8-23/h3-6,11-12H,7-10H2,1-2H3. The first-order valence-corrected chi connectivity index (χ1v) is 9.64. The summed E-state index contributed by atoms with van der Waals surface area (Å²) in [5, 5.41) is 0.614. The van der Waals surface area contributed by atoms with Crippen LogP contribution in [-0.4, -0.2) is 39.4 Å². The van der Waals surface area contributed by atoms with Crippen LogP contribution in [0.15, 0.2) is 36.4 Å². The summed E-state index contributed by atoms with van der Waals surface area (Å²) in [6.45, 7) is 4.64. The van der Waals surface area contributed by atoms with Crippen molar-refractivity contribution in [3.63, 3.8) is 0 Å². The molecule has 1 aliphatic heterocycles. The number of hydrogen-bond acceptors (Lipinski definition) is 5. The number of thiophene rings is 1. The highest BCUT2D eigenvalue weighted by Crippen LogP contribution is 2.39. The molecule has 0 spiro atoms. The maximum atomic E-state index is 14.8. The van der Waals surface area contributed by atoms with Crippen molar-refractivity contribution in [2.45, 2.75) is 6.92 Å². The maximum Gasteiger partial charge on any atom is 0.339 e. The van der Waals surface area contributed by atoms with Gasteiger partial charge in [0.25, 0.3) is 0 Å². The minimum atomic E-state index is -0.422. The highest BCUT2D eigenvalue weighted by molar-refractivity contribution is 7.18. The zero-order chi connectivity index (χ0) is 19.0. The molecule has 1 aliphatic rings. The molecule has 2 aromatic carbocycles. The van der Waals surface area contributed by atoms with Crippen molar-refractivity contribution in [2.24, 2.45) is 0 Å². The quantitative estimate of drug-likeness (QED) is 0.616. The van der Waals surface area contributed by atoms with Crippen LogP contribution in [0, 0.1) is 12.1 Å². The minimum absolute atomic E-state index is 0.245. The Hall–Kier alpha value is -2.44. The maximum absolute atomic E-state index is 14.8. The Labute approximate surface area is 161 Å². The van der Waals surface area contributed by atoms with Crippen molar-refractivity contribution >= 4 is 33.1 Å². The average Bonchev–Trinajstić information content (AvgIpc) is 3.02. The lowest BCUT2D eigenvalue weighted by molar-refractivity contribution is 0.0600. The zero-order valence-corrected chi connectivity index (χ0v) is 16.1. The number of halogens is 1. The molecule has 4 nitrogen and oxygen atoms in total. The van der Waals surface area contributed by atoms with E-state index in [0.29, 0.717) is 43.0 Å². The Morgan fingerprint density at radius 2 is 1.96 bits per heavy atom. The van der Waals surface area contributed by atoms with Gasteiger partial charge in [-0.1, -0.05) is 18.2 Å². The summed E-state index contributed by atoms with van der Waals surface area (Å²) in [5.41, 5.74) is 3.55. The van der Waals surface area contributed by atoms with Crippen molar-refractivity contribution in [3.05, 3.63) is 52.7 Å². The van der Waals surface area contributed by atoms with Crippen LogP contribution in [0.4, 0.5) is 10.1 Å². The Morgan fingerprint density at radius 3 is 2.70 bits per heavy atom. The third-order valence-corrected chi connectivity index (χ3v) is 5.79. The number of morpholine rings is 1. The normalized spacial score (nSPS) is 14.6. The first kappa shape index (κ1) is 17.9. The van der Waals surface area contributed by atoms with E-state index in [1.54, 1.807) is 6.07 Å². The first-order valence-electron chi connectivity index (χ1n) is 8.82. The summed E-state index contributed by atoms with van der Waals surface area (Å²) >= 11 is 1.13. The summed E-state index contributed by atoms with van der Waals surface area (Å²) in [7, 11) is 1.36. The lowest BCUT2D eigenvalue weighted by atomic mass is 9.99. The number of esters is 1. The summed E-state index contributed by atoms with van der Waals surface area (Å²) in [4.78, 5) is 14.5. The van der Waals surface area contributed by atoms with Gasteiger partial charge in [0, 0.05) is 28.7 Å². The second-order valence-corrected chi connectivity index (χ2v) is 7.58. The molecule has 3 aromatic rings. The molecule has 2 heterocycles. The van der Waals surface area contributed by atoms with Crippen LogP contribution in [0.25, 0.3) is 21.2 Å². The fourth-order valence-corrected chi connectivity index (χ4v) is 4.54. The molecule has 6 heteroatoms. The van der Waals surface area contributed by atoms with Gasteiger partial charge in [-0.05, 0) is 36.2 Å². The van der Waals surface area contributed by atoms with Crippen molar-refractivity contribution in [2.75, 3.05) is 38.3 Å². The van der Waals surface area contributed by atoms with Gasteiger partial charge in [0.1, 0.15) is 0 Å². The van der Waals surface area contributed by atoms with Crippen molar-refractivity contribution in [1.29, 1.82) is 0 Å². The largest absolute Gasteiger partial charge is 0.465 e. The smallest absolute Gasteiger partial charge is 0.339 e. The zero-order valence-electron chi connectivity index (χ0n) is 15.3. The van der Waals surface area contributed by atoms with E-state index >= 15 is 0 Å². The number of anilines is 1. The summed E-state index contributed by atoms with van der Waals surface area (Å²) in [5.74, 6) is -0.422. The second-order valence-electron chi connectivity index (χ2n) is 6.57. The molecule has 1 fully saturated rings. The Bertz CT molecular complexity index is 1010. The van der Waals surface area contributed by atoms with E-state index in [1.165, 1.54) is 7.11 Å². The topological polar surface area (TPSA) is 38.8 Å². The molecule has 0 atom stereocenters. The molecule has 0 aliphatic carbocycles. The molecule has 0 saturated carbocycles. The third kappa shape index (κ3) is 3.31. The monoisotopic (exact) mass is 385 g/mol. The number of carbonyl (C=O) groups is 1. The third-order valence-electron chi connectivity index (χ3n) is 4.84. The SMILES string of the molecule is COC(=O)c1cc(-c2c(F)sc3cc(C)ccc23)ccc1N1CCOCC1. The Morgan fingerprint density at radius 1 is 1.19 bits per heavy atom. The molecule has 0 unspecified atom stereocenters. The van der Waals surface area contributed by atoms with Gasteiger partial charge in [-0.25, -0.2) is 4.79 Å². The second kappa shape index (κ2) is 7.29. The first-order chi connectivity index (χ1) is 13.1. The van der Waals surface area contributed by atoms with Crippen LogP contribution in [0.3, 0.4) is 0 Å². The number of nitrogens with zero attached hydrogens (tertiary/aromatic N) is 1. The molecule has 27 heavy (non-hydrogen) atoms. The van der Waals surface area contributed by atoms with Gasteiger partial charge in [0.15, 0.2) is 5.13 Å². The minimum Gasteiger partial charge on any atom is -0.465 e. The van der Waals surface area contributed by atoms with E-state index in [2.05, 4.69) is 4.90 Å². The molecule has 1 saturated heterocycles. The van der Waals surface area contributed by atoms with Crippen LogP contribution in [-0.2, 0) is 9.47 Å². The molecular weight excluding hydrogens is 365 g/mol. The molecule has 0 N–H and O–H groups in total. The number of carbonyl (C=O) groups excluding carboxylic acids is 1. The van der Waals surface area contributed by atoms with Crippen molar-refractivity contribution < 1.29 is 18.7 Å². The number of aryl methyl sites for hydroxylation is 1. The van der Waals surface area contributed by atoms with Crippen LogP contribution in [0.1, 0.15) is 15.9 Å². The van der Waals surface area contributed by atoms with E-state index in [9.17, 15) is 9.18 Å². The average molecular weight is 385 g/mol. The van der Waals surface area contributed by atoms with Gasteiger partial charge in [-0.2, -0.15) is 4.39 Å². The van der Waals surface area contributed by atoms with Crippen LogP contribution in [0.5, 0.6) is 0 Å². The highest BCUT2D eigenvalue weighted by Gasteiger charge is 2.22. The van der Waals surface area contributed by atoms with E-state index in [-0.39, 0.29) is 5.13 Å². The highest BCUT2D eigenvalue weighted by atomic mass is 32.1. The summed E-state index contributed by atoms with van der Waals surface area (Å²) in [6, 6.07) is 11.4. The van der Waals surface area contributed by atoms with E-state index in [0.717, 1.165) is 32.7 Å². The fourth-order valence-electron chi connectivity index (χ4n) is 3.49. The van der Waals surface area contributed by atoms with Gasteiger partial charge in [-0.3, -0.25) is 0 Å². The number of benzene rings is 2. The molecule has 140 valence electrons. The number of methoxy groups -OCH3 is 1. The van der Waals surface area contributed by atoms with Gasteiger partial charge >= 0.3 is 5.97 Å². The Balaban J connectivity index is 1.85. The fraction of sp³-hybridized carbons (Fsp3) is 0.286. The molecule has 0 amide bonds. The van der Waals surface area contributed by atoms with E-state index < -0.39 is 5.97 Å². The Kier molecular flexibility index (Phi) is 4.85. The van der Waals surface area contributed by atoms with Crippen molar-refractivity contribution in [3.8, 4) is 11.1 Å². The number of fused-ring (bicyclic) bond motifs is 1. The predicted octanol–water partition coefficient (Wildman–Crippen LogP) is 4.64. The van der Waals surface area contributed by atoms with Gasteiger partial charge < -0.3 is 14.4 Å². The van der Waals surface area contributed by atoms with E-state index in [1.807, 2.05) is 37.3 Å². The van der Waals surface area contributed by atoms with Crippen LogP contribution < -0.4 is 4.90 Å². The number of ether oxygens (including phenoxy) is 2. The molecule has 4 rings (SSSR count). The molecular formula is C21H20FNO3S. The van der Waals surface area contributed by atoms with Gasteiger partial charge in [0.2, 0.25) is 0 Å². The molecule has 1 aromatic heterocycles. The predicted molar refractivity (Wildman–Crippen MR) is 106 cm³/mol. The number of rotatable bonds is 3. The number of hydrogen-bond donors (Lipinski definition) is 0. The lowest BCUT2D eigenvalue weighted by Gasteiger charge is -2.30. The van der Waals surface area contributed by atoms with E-state index in [4.69, 9.17) is 9.47 Å². The summed E-state index contributed by atoms with van der Waals surface area (Å²) < 4.78 is 26.1. The molecule has 0 radical (unpaired) electrons. The lowest BCUT2D eigenvalue weighted by Crippen LogP contribution is -2.37. The van der Waals surface area contributed by atoms with Gasteiger partial charge in [-0.15, -0.1) is 11.3 Å². The summed E-state index contributed by atoms with van der Waals surface area (Å²) in [6.07, 6.45) is 0.